The lowest BCUT2D eigenvalue weighted by Crippen LogP contribution is -2.09. The smallest absolute Gasteiger partial charge is 0.145 e. The van der Waals surface area contributed by atoms with Gasteiger partial charge < -0.3 is 9.32 Å². The number of anilines is 3. The third-order valence-electron chi connectivity index (χ3n) is 8.81. The normalized spacial score (nSPS) is 11.4. The Morgan fingerprint density at radius 1 is 0.468 bits per heavy atom. The van der Waals surface area contributed by atoms with Crippen molar-refractivity contribution in [2.45, 2.75) is 0 Å². The molecule has 0 atom stereocenters. The summed E-state index contributed by atoms with van der Waals surface area (Å²) in [4.78, 5) is 7.35. The summed E-state index contributed by atoms with van der Waals surface area (Å²) in [5, 5.41) is 2.27. The van der Waals surface area contributed by atoms with Crippen molar-refractivity contribution in [1.82, 2.24) is 9.55 Å². The largest absolute Gasteiger partial charge is 0.455 e. The number of hydrogen-bond donors (Lipinski definition) is 0. The van der Waals surface area contributed by atoms with E-state index in [-0.39, 0.29) is 0 Å². The van der Waals surface area contributed by atoms with E-state index in [1.807, 2.05) is 24.3 Å². The summed E-state index contributed by atoms with van der Waals surface area (Å²) >= 11 is 0. The van der Waals surface area contributed by atoms with Gasteiger partial charge in [-0.05, 0) is 84.4 Å². The van der Waals surface area contributed by atoms with Crippen LogP contribution in [0, 0.1) is 0 Å². The van der Waals surface area contributed by atoms with Crippen molar-refractivity contribution in [3.05, 3.63) is 176 Å². The number of nitrogens with zero attached hydrogens (tertiary/aromatic N) is 3. The number of para-hydroxylation sites is 6. The zero-order chi connectivity index (χ0) is 31.2. The van der Waals surface area contributed by atoms with Crippen LogP contribution < -0.4 is 4.90 Å². The van der Waals surface area contributed by atoms with Crippen LogP contribution in [0.25, 0.3) is 61.2 Å². The van der Waals surface area contributed by atoms with Gasteiger partial charge >= 0.3 is 0 Å². The first-order valence-corrected chi connectivity index (χ1v) is 15.8. The molecule has 0 saturated heterocycles. The van der Waals surface area contributed by atoms with Crippen LogP contribution in [0.1, 0.15) is 0 Å². The maximum absolute atomic E-state index is 6.34. The molecule has 0 amide bonds. The SMILES string of the molecule is c1ccc(N(c2ccc(-c3cccc4c3oc3ccccc34)cc2)c2ccc(-c3nc4ccccc4n3-c3ccccc3)cc2)cc1. The van der Waals surface area contributed by atoms with Gasteiger partial charge in [0.1, 0.15) is 17.0 Å². The number of hydrogen-bond acceptors (Lipinski definition) is 3. The highest BCUT2D eigenvalue weighted by Gasteiger charge is 2.17. The second-order valence-corrected chi connectivity index (χ2v) is 11.6. The Bertz CT molecular complexity index is 2490. The van der Waals surface area contributed by atoms with Gasteiger partial charge in [-0.2, -0.15) is 0 Å². The number of aromatic nitrogens is 2. The summed E-state index contributed by atoms with van der Waals surface area (Å²) in [7, 11) is 0. The van der Waals surface area contributed by atoms with Gasteiger partial charge in [0.25, 0.3) is 0 Å². The minimum Gasteiger partial charge on any atom is -0.455 e. The first-order chi connectivity index (χ1) is 23.3. The van der Waals surface area contributed by atoms with Gasteiger partial charge in [-0.25, -0.2) is 4.98 Å². The third kappa shape index (κ3) is 4.66. The second-order valence-electron chi connectivity index (χ2n) is 11.6. The molecule has 47 heavy (non-hydrogen) atoms. The summed E-state index contributed by atoms with van der Waals surface area (Å²) < 4.78 is 8.58. The van der Waals surface area contributed by atoms with Gasteiger partial charge in [0.15, 0.2) is 0 Å². The van der Waals surface area contributed by atoms with Crippen molar-refractivity contribution < 1.29 is 4.42 Å². The van der Waals surface area contributed by atoms with Crippen LogP contribution in [0.4, 0.5) is 17.1 Å². The average molecular weight is 604 g/mol. The fourth-order valence-electron chi connectivity index (χ4n) is 6.61. The van der Waals surface area contributed by atoms with Crippen LogP contribution in [-0.2, 0) is 0 Å². The molecule has 2 aromatic heterocycles. The van der Waals surface area contributed by atoms with Crippen molar-refractivity contribution in [2.75, 3.05) is 4.90 Å². The van der Waals surface area contributed by atoms with Gasteiger partial charge in [0, 0.05) is 44.6 Å². The van der Waals surface area contributed by atoms with Crippen molar-refractivity contribution in [1.29, 1.82) is 0 Å². The molecule has 7 aromatic carbocycles. The van der Waals surface area contributed by atoms with Gasteiger partial charge in [-0.3, -0.25) is 4.57 Å². The van der Waals surface area contributed by atoms with Crippen LogP contribution in [-0.4, -0.2) is 9.55 Å². The summed E-state index contributed by atoms with van der Waals surface area (Å²) in [5.74, 6) is 0.916. The molecule has 0 bridgehead atoms. The molecule has 0 unspecified atom stereocenters. The fourth-order valence-corrected chi connectivity index (χ4v) is 6.61. The molecule has 0 saturated carbocycles. The first-order valence-electron chi connectivity index (χ1n) is 15.8. The van der Waals surface area contributed by atoms with E-state index < -0.39 is 0 Å². The van der Waals surface area contributed by atoms with E-state index in [2.05, 4.69) is 161 Å². The maximum atomic E-state index is 6.34. The van der Waals surface area contributed by atoms with Crippen LogP contribution in [0.15, 0.2) is 180 Å². The van der Waals surface area contributed by atoms with Gasteiger partial charge in [0.2, 0.25) is 0 Å². The standard InChI is InChI=1S/C43H29N3O/c1-3-12-32(13-4-1)45(34-26-22-30(23-27-34)36-17-11-18-38-37-16-7-10-21-41(37)47-42(36)38)35-28-24-31(25-29-35)43-44-39-19-8-9-20-40(39)46(43)33-14-5-2-6-15-33/h1-29H. The molecule has 0 aliphatic rings. The molecule has 0 aliphatic heterocycles. The quantitative estimate of drug-likeness (QED) is 0.190. The molecular weight excluding hydrogens is 574 g/mol. The van der Waals surface area contributed by atoms with Crippen LogP contribution >= 0.6 is 0 Å². The summed E-state index contributed by atoms with van der Waals surface area (Å²) in [6.45, 7) is 0. The minimum atomic E-state index is 0.907. The first kappa shape index (κ1) is 27.0. The Labute approximate surface area is 272 Å². The predicted molar refractivity (Wildman–Crippen MR) is 194 cm³/mol. The van der Waals surface area contributed by atoms with E-state index in [9.17, 15) is 0 Å². The van der Waals surface area contributed by atoms with Gasteiger partial charge in [0.05, 0.1) is 11.0 Å². The van der Waals surface area contributed by atoms with Gasteiger partial charge in [-0.15, -0.1) is 0 Å². The number of rotatable bonds is 6. The Morgan fingerprint density at radius 2 is 1.06 bits per heavy atom. The molecule has 9 aromatic rings. The fraction of sp³-hybridized carbons (Fsp3) is 0. The van der Waals surface area contributed by atoms with Crippen molar-refractivity contribution in [2.24, 2.45) is 0 Å². The topological polar surface area (TPSA) is 34.2 Å². The average Bonchev–Trinajstić information content (AvgIpc) is 3.72. The molecule has 0 fully saturated rings. The molecule has 0 spiro atoms. The van der Waals surface area contributed by atoms with Crippen LogP contribution in [0.3, 0.4) is 0 Å². The number of imidazole rings is 1. The number of fused-ring (bicyclic) bond motifs is 4. The Hall–Kier alpha value is -6.39. The molecule has 9 rings (SSSR count). The predicted octanol–water partition coefficient (Wildman–Crippen LogP) is 11.7. The number of furan rings is 1. The Balaban J connectivity index is 1.11. The molecule has 2 heterocycles. The third-order valence-corrected chi connectivity index (χ3v) is 8.81. The van der Waals surface area contributed by atoms with E-state index in [1.165, 1.54) is 0 Å². The highest BCUT2D eigenvalue weighted by Crippen LogP contribution is 2.39. The molecule has 4 nitrogen and oxygen atoms in total. The summed E-state index contributed by atoms with van der Waals surface area (Å²) in [6.07, 6.45) is 0. The Morgan fingerprint density at radius 3 is 1.83 bits per heavy atom. The monoisotopic (exact) mass is 603 g/mol. The molecule has 222 valence electrons. The van der Waals surface area contributed by atoms with Crippen LogP contribution in [0.2, 0.25) is 0 Å². The number of benzene rings is 7. The maximum Gasteiger partial charge on any atom is 0.145 e. The molecule has 0 aliphatic carbocycles. The zero-order valence-corrected chi connectivity index (χ0v) is 25.5. The zero-order valence-electron chi connectivity index (χ0n) is 25.5. The second kappa shape index (κ2) is 11.2. The lowest BCUT2D eigenvalue weighted by Gasteiger charge is -2.26. The Kier molecular flexibility index (Phi) is 6.43. The summed E-state index contributed by atoms with van der Waals surface area (Å²) in [6, 6.07) is 61.3. The minimum absolute atomic E-state index is 0.907. The highest BCUT2D eigenvalue weighted by atomic mass is 16.3. The summed E-state index contributed by atoms with van der Waals surface area (Å²) in [5.41, 5.74) is 11.4. The van der Waals surface area contributed by atoms with Crippen molar-refractivity contribution >= 4 is 50.0 Å². The molecular formula is C43H29N3O. The van der Waals surface area contributed by atoms with Crippen molar-refractivity contribution in [3.8, 4) is 28.2 Å². The van der Waals surface area contributed by atoms with E-state index in [4.69, 9.17) is 9.40 Å². The van der Waals surface area contributed by atoms with Crippen LogP contribution in [0.5, 0.6) is 0 Å². The lowest BCUT2D eigenvalue weighted by molar-refractivity contribution is 0.670. The van der Waals surface area contributed by atoms with E-state index in [0.29, 0.717) is 0 Å². The van der Waals surface area contributed by atoms with E-state index in [0.717, 1.165) is 78.2 Å². The molecule has 4 heteroatoms. The van der Waals surface area contributed by atoms with Gasteiger partial charge in [-0.1, -0.05) is 97.1 Å². The van der Waals surface area contributed by atoms with E-state index in [1.54, 1.807) is 0 Å². The van der Waals surface area contributed by atoms with E-state index >= 15 is 0 Å². The lowest BCUT2D eigenvalue weighted by atomic mass is 10.0. The highest BCUT2D eigenvalue weighted by molar-refractivity contribution is 6.09. The molecule has 0 radical (unpaired) electrons. The van der Waals surface area contributed by atoms with Crippen molar-refractivity contribution in [3.63, 3.8) is 0 Å². The molecule has 0 N–H and O–H groups in total.